The van der Waals surface area contributed by atoms with E-state index < -0.39 is 6.29 Å². The predicted molar refractivity (Wildman–Crippen MR) is 226 cm³/mol. The van der Waals surface area contributed by atoms with Gasteiger partial charge in [0.1, 0.15) is 0 Å². The van der Waals surface area contributed by atoms with Crippen molar-refractivity contribution in [1.29, 1.82) is 0 Å². The summed E-state index contributed by atoms with van der Waals surface area (Å²) in [6.45, 7) is 11.0. The second-order valence-electron chi connectivity index (χ2n) is 15.8. The van der Waals surface area contributed by atoms with Crippen molar-refractivity contribution in [3.8, 4) is 0 Å². The number of rotatable bonds is 40. The highest BCUT2D eigenvalue weighted by Crippen LogP contribution is 2.20. The van der Waals surface area contributed by atoms with Crippen LogP contribution in [0.4, 0.5) is 0 Å². The highest BCUT2D eigenvalue weighted by atomic mass is 16.6. The zero-order valence-corrected chi connectivity index (χ0v) is 35.3. The number of carbonyl (C=O) groups excluding carboxylic acids is 1. The molecule has 0 spiro atoms. The van der Waals surface area contributed by atoms with E-state index in [1.807, 2.05) is 0 Å². The van der Waals surface area contributed by atoms with E-state index >= 15 is 0 Å². The molecule has 0 saturated heterocycles. The van der Waals surface area contributed by atoms with Gasteiger partial charge in [0.15, 0.2) is 6.29 Å². The fraction of sp³-hybridized carbons (Fsp3) is 0.851. The minimum atomic E-state index is -0.671. The molecule has 0 radical (unpaired) electrons. The summed E-state index contributed by atoms with van der Waals surface area (Å²) in [7, 11) is 0. The van der Waals surface area contributed by atoms with E-state index in [2.05, 4.69) is 43.9 Å². The molecule has 53 heavy (non-hydrogen) atoms. The molecule has 0 amide bonds. The topological polar surface area (TPSA) is 79.2 Å². The second kappa shape index (κ2) is 37.5. The molecule has 0 bridgehead atoms. The number of aliphatic hydroxyl groups excluding tert-OH is 2. The van der Waals surface area contributed by atoms with E-state index in [1.54, 1.807) is 0 Å². The molecule has 6 heteroatoms. The van der Waals surface area contributed by atoms with Crippen molar-refractivity contribution in [3.63, 3.8) is 0 Å². The van der Waals surface area contributed by atoms with Crippen LogP contribution in [0.15, 0.2) is 18.2 Å². The van der Waals surface area contributed by atoms with E-state index in [1.165, 1.54) is 139 Å². The Hall–Kier alpha value is -1.47. The zero-order valence-electron chi connectivity index (χ0n) is 35.3. The number of hydrogen-bond acceptors (Lipinski definition) is 6. The van der Waals surface area contributed by atoms with Crippen molar-refractivity contribution >= 4 is 5.97 Å². The van der Waals surface area contributed by atoms with Crippen molar-refractivity contribution < 1.29 is 24.5 Å². The first-order valence-corrected chi connectivity index (χ1v) is 22.9. The molecular formula is C47H87NO5. The molecule has 1 aromatic rings. The van der Waals surface area contributed by atoms with Crippen molar-refractivity contribution in [3.05, 3.63) is 34.9 Å². The maximum absolute atomic E-state index is 12.0. The lowest BCUT2D eigenvalue weighted by Crippen LogP contribution is -2.29. The van der Waals surface area contributed by atoms with Gasteiger partial charge in [-0.2, -0.15) is 0 Å². The Morgan fingerprint density at radius 2 is 1.11 bits per heavy atom. The van der Waals surface area contributed by atoms with Gasteiger partial charge in [0, 0.05) is 13.0 Å². The summed E-state index contributed by atoms with van der Waals surface area (Å²) in [5, 5.41) is 20.0. The largest absolute Gasteiger partial charge is 0.466 e. The van der Waals surface area contributed by atoms with Crippen LogP contribution in [0.2, 0.25) is 0 Å². The van der Waals surface area contributed by atoms with E-state index in [0.29, 0.717) is 26.1 Å². The number of carbonyl (C=O) groups is 1. The molecule has 6 nitrogen and oxygen atoms in total. The Bertz CT molecular complexity index is 940. The van der Waals surface area contributed by atoms with Gasteiger partial charge in [-0.1, -0.05) is 155 Å². The van der Waals surface area contributed by atoms with Crippen LogP contribution in [0, 0.1) is 0 Å². The van der Waals surface area contributed by atoms with Crippen LogP contribution >= 0.6 is 0 Å². The summed E-state index contributed by atoms with van der Waals surface area (Å²) in [4.78, 5) is 14.4. The smallest absolute Gasteiger partial charge is 0.305 e. The molecule has 1 unspecified atom stereocenters. The molecule has 0 fully saturated rings. The molecule has 0 heterocycles. The van der Waals surface area contributed by atoms with Gasteiger partial charge in [-0.05, 0) is 100 Å². The van der Waals surface area contributed by atoms with Crippen molar-refractivity contribution in [2.24, 2.45) is 0 Å². The number of hydrogen-bond donors (Lipinski definition) is 2. The Kier molecular flexibility index (Phi) is 35.0. The van der Waals surface area contributed by atoms with Gasteiger partial charge in [0.25, 0.3) is 0 Å². The van der Waals surface area contributed by atoms with Gasteiger partial charge in [-0.3, -0.25) is 4.79 Å². The van der Waals surface area contributed by atoms with Crippen LogP contribution in [0.1, 0.15) is 211 Å². The van der Waals surface area contributed by atoms with E-state index in [4.69, 9.17) is 9.47 Å². The minimum absolute atomic E-state index is 0.0310. The zero-order chi connectivity index (χ0) is 38.5. The standard InChI is InChI=1S/C47H87NO5/c1-4-7-10-13-14-21-28-40-52-46(50)31-24-17-15-19-26-36-48(38-39-49)37-27-20-16-18-25-32-47(51)53-41-35-43-33-34-44(29-22-11-8-5-2)45(42-43)30-23-12-9-6-3/h33-34,42,47,49,51H,4-32,35-41H2,1-3H3. The van der Waals surface area contributed by atoms with Gasteiger partial charge in [-0.25, -0.2) is 0 Å². The number of aliphatic hydroxyl groups is 2. The molecule has 1 atom stereocenters. The maximum atomic E-state index is 12.0. The van der Waals surface area contributed by atoms with Gasteiger partial charge in [0.05, 0.1) is 19.8 Å². The average Bonchev–Trinajstić information content (AvgIpc) is 3.15. The van der Waals surface area contributed by atoms with Crippen molar-refractivity contribution in [2.75, 3.05) is 39.5 Å². The SMILES string of the molecule is CCCCCCCCCOC(=O)CCCCCCCN(CCO)CCCCCCCC(O)OCCc1ccc(CCCCCC)c(CCCCCC)c1. The molecule has 0 saturated carbocycles. The molecule has 1 aromatic carbocycles. The molecule has 1 rings (SSSR count). The lowest BCUT2D eigenvalue weighted by molar-refractivity contribution is -0.143. The minimum Gasteiger partial charge on any atom is -0.466 e. The third-order valence-electron chi connectivity index (χ3n) is 10.8. The highest BCUT2D eigenvalue weighted by molar-refractivity contribution is 5.69. The number of benzene rings is 1. The van der Waals surface area contributed by atoms with Crippen molar-refractivity contribution in [1.82, 2.24) is 4.90 Å². The monoisotopic (exact) mass is 746 g/mol. The number of ether oxygens (including phenoxy) is 2. The van der Waals surface area contributed by atoms with Crippen LogP contribution in [0.25, 0.3) is 0 Å². The Labute approximate surface area is 328 Å². The van der Waals surface area contributed by atoms with E-state index in [0.717, 1.165) is 77.4 Å². The lowest BCUT2D eigenvalue weighted by Gasteiger charge is -2.21. The summed E-state index contributed by atoms with van der Waals surface area (Å²) in [6.07, 6.45) is 34.0. The molecule has 0 aliphatic heterocycles. The van der Waals surface area contributed by atoms with E-state index in [9.17, 15) is 15.0 Å². The summed E-state index contributed by atoms with van der Waals surface area (Å²) in [5.41, 5.74) is 4.40. The maximum Gasteiger partial charge on any atom is 0.305 e. The van der Waals surface area contributed by atoms with E-state index in [-0.39, 0.29) is 12.6 Å². The Morgan fingerprint density at radius 1 is 0.585 bits per heavy atom. The number of unbranched alkanes of at least 4 members (excludes halogenated alkanes) is 20. The van der Waals surface area contributed by atoms with Crippen LogP contribution in [-0.2, 0) is 33.5 Å². The van der Waals surface area contributed by atoms with Crippen LogP contribution in [-0.4, -0.2) is 66.8 Å². The quantitative estimate of drug-likeness (QED) is 0.0396. The van der Waals surface area contributed by atoms with Crippen LogP contribution in [0.3, 0.4) is 0 Å². The molecule has 310 valence electrons. The molecular weight excluding hydrogens is 659 g/mol. The third-order valence-corrected chi connectivity index (χ3v) is 10.8. The first kappa shape index (κ1) is 49.5. The van der Waals surface area contributed by atoms with Crippen LogP contribution < -0.4 is 0 Å². The fourth-order valence-electron chi connectivity index (χ4n) is 7.31. The van der Waals surface area contributed by atoms with Gasteiger partial charge in [0.2, 0.25) is 0 Å². The number of aryl methyl sites for hydroxylation is 2. The van der Waals surface area contributed by atoms with Gasteiger partial charge >= 0.3 is 5.97 Å². The fourth-order valence-corrected chi connectivity index (χ4v) is 7.31. The number of esters is 1. The summed E-state index contributed by atoms with van der Waals surface area (Å²) in [5.74, 6) is -0.0310. The lowest BCUT2D eigenvalue weighted by atomic mass is 9.94. The first-order valence-electron chi connectivity index (χ1n) is 22.9. The summed E-state index contributed by atoms with van der Waals surface area (Å²) in [6, 6.07) is 7.06. The number of nitrogens with zero attached hydrogens (tertiary/aromatic N) is 1. The average molecular weight is 746 g/mol. The van der Waals surface area contributed by atoms with Crippen molar-refractivity contribution in [2.45, 2.75) is 220 Å². The second-order valence-corrected chi connectivity index (χ2v) is 15.8. The first-order chi connectivity index (χ1) is 26.0. The van der Waals surface area contributed by atoms with Gasteiger partial charge in [-0.15, -0.1) is 0 Å². The Morgan fingerprint density at radius 3 is 1.74 bits per heavy atom. The highest BCUT2D eigenvalue weighted by Gasteiger charge is 2.09. The molecule has 0 aromatic heterocycles. The Balaban J connectivity index is 2.10. The van der Waals surface area contributed by atoms with Crippen LogP contribution in [0.5, 0.6) is 0 Å². The molecule has 0 aliphatic carbocycles. The normalized spacial score (nSPS) is 12.2. The molecule has 0 aliphatic rings. The third kappa shape index (κ3) is 30.4. The van der Waals surface area contributed by atoms with Gasteiger partial charge < -0.3 is 24.6 Å². The summed E-state index contributed by atoms with van der Waals surface area (Å²) < 4.78 is 11.2. The summed E-state index contributed by atoms with van der Waals surface area (Å²) >= 11 is 0. The predicted octanol–water partition coefficient (Wildman–Crippen LogP) is 12.1. The molecule has 2 N–H and O–H groups in total.